The van der Waals surface area contributed by atoms with Crippen molar-refractivity contribution in [3.05, 3.63) is 28.3 Å². The number of aromatic hydroxyl groups is 1. The lowest BCUT2D eigenvalue weighted by Gasteiger charge is -2.52. The Morgan fingerprint density at radius 2 is 1.83 bits per heavy atom. The summed E-state index contributed by atoms with van der Waals surface area (Å²) in [7, 11) is 3.10. The molecule has 6 unspecified atom stereocenters. The van der Waals surface area contributed by atoms with Crippen LogP contribution >= 0.6 is 0 Å². The maximum absolute atomic E-state index is 13.8. The van der Waals surface area contributed by atoms with Gasteiger partial charge in [0.2, 0.25) is 5.91 Å². The molecule has 1 amide bonds. The number of nitrogens with two attached hydrogens (primary N) is 2. The molecule has 35 heavy (non-hydrogen) atoms. The van der Waals surface area contributed by atoms with Gasteiger partial charge in [0, 0.05) is 12.5 Å². The van der Waals surface area contributed by atoms with E-state index in [0.29, 0.717) is 29.5 Å². The molecular formula is C25H31N3O7. The predicted molar refractivity (Wildman–Crippen MR) is 123 cm³/mol. The van der Waals surface area contributed by atoms with Gasteiger partial charge in [0.1, 0.15) is 5.75 Å². The van der Waals surface area contributed by atoms with E-state index >= 15 is 0 Å². The number of phenols is 1. The van der Waals surface area contributed by atoms with Crippen molar-refractivity contribution in [2.75, 3.05) is 14.1 Å². The molecule has 10 nitrogen and oxygen atoms in total. The van der Waals surface area contributed by atoms with E-state index in [0.717, 1.165) is 0 Å². The number of fused-ring (bicyclic) bond motifs is 3. The van der Waals surface area contributed by atoms with Crippen LogP contribution in [0.25, 0.3) is 0 Å². The molecule has 3 aliphatic carbocycles. The average molecular weight is 486 g/mol. The summed E-state index contributed by atoms with van der Waals surface area (Å²) in [6.45, 7) is 2.05. The van der Waals surface area contributed by atoms with Gasteiger partial charge in [0.25, 0.3) is 0 Å². The second kappa shape index (κ2) is 8.61. The normalized spacial score (nSPS) is 32.3. The fourth-order valence-corrected chi connectivity index (χ4v) is 6.45. The highest BCUT2D eigenvalue weighted by Gasteiger charge is 2.69. The number of Topliss-reactive ketones (excluding diaryl/α,β-unsaturated/α-hetero) is 4. The van der Waals surface area contributed by atoms with Crippen LogP contribution in [0.15, 0.2) is 6.07 Å². The molecule has 0 spiro atoms. The number of likely N-dealkylation sites (N-methyl/N-ethyl adjacent to an activating group) is 1. The first-order chi connectivity index (χ1) is 16.4. The maximum Gasteiger partial charge on any atom is 0.235 e. The summed E-state index contributed by atoms with van der Waals surface area (Å²) >= 11 is 0. The molecule has 3 aliphatic rings. The Balaban J connectivity index is 1.89. The minimum Gasteiger partial charge on any atom is -0.507 e. The number of nitrogens with zero attached hydrogens (tertiary/aromatic N) is 1. The fourth-order valence-electron chi connectivity index (χ4n) is 6.45. The van der Waals surface area contributed by atoms with E-state index in [1.807, 2.05) is 6.92 Å². The van der Waals surface area contributed by atoms with E-state index in [2.05, 4.69) is 0 Å². The first-order valence-electron chi connectivity index (χ1n) is 11.8. The molecule has 0 heterocycles. The summed E-state index contributed by atoms with van der Waals surface area (Å²) in [4.78, 5) is 67.3. The lowest BCUT2D eigenvalue weighted by atomic mass is 9.52. The van der Waals surface area contributed by atoms with Gasteiger partial charge in [-0.15, -0.1) is 0 Å². The van der Waals surface area contributed by atoms with Crippen molar-refractivity contribution < 1.29 is 34.2 Å². The average Bonchev–Trinajstić information content (AvgIpc) is 2.77. The summed E-state index contributed by atoms with van der Waals surface area (Å²) in [5.41, 5.74) is 10.4. The number of phenolic OH excluding ortho intramolecular Hbond substituents is 1. The van der Waals surface area contributed by atoms with Crippen molar-refractivity contribution >= 4 is 29.0 Å². The number of carbonyl (C=O) groups is 5. The Hall–Kier alpha value is -2.95. The van der Waals surface area contributed by atoms with Crippen molar-refractivity contribution in [3.8, 4) is 5.75 Å². The number of amides is 1. The van der Waals surface area contributed by atoms with Crippen molar-refractivity contribution in [1.82, 2.24) is 4.90 Å². The number of rotatable bonds is 5. The Kier molecular flexibility index (Phi) is 6.19. The van der Waals surface area contributed by atoms with E-state index in [-0.39, 0.29) is 30.7 Å². The summed E-state index contributed by atoms with van der Waals surface area (Å²) in [6.07, 6.45) is 1.45. The van der Waals surface area contributed by atoms with Crippen LogP contribution in [0.4, 0.5) is 0 Å². The molecular weight excluding hydrogens is 454 g/mol. The van der Waals surface area contributed by atoms with Gasteiger partial charge < -0.3 is 21.7 Å². The van der Waals surface area contributed by atoms with Gasteiger partial charge in [0.15, 0.2) is 34.7 Å². The van der Waals surface area contributed by atoms with Crippen molar-refractivity contribution in [2.24, 2.45) is 35.1 Å². The SMILES string of the molecule is CCCc1cc(CN)c2c(c1O)C(=O)C1C(=O)C3(O)C(=O)C(C(N)=O)C(=O)C(N(C)C)C3CC1C2. The second-order valence-electron chi connectivity index (χ2n) is 10.1. The zero-order chi connectivity index (χ0) is 26.0. The summed E-state index contributed by atoms with van der Waals surface area (Å²) < 4.78 is 0. The van der Waals surface area contributed by atoms with Crippen molar-refractivity contribution in [3.63, 3.8) is 0 Å². The third-order valence-electron chi connectivity index (χ3n) is 7.97. The standard InChI is InChI=1S/C25H31N3O7/c1-4-5-10-6-12(9-26)13-7-11-8-14-18(28(2)3)21(31)17(24(27)34)23(33)25(14,35)22(32)15(11)20(30)16(13)19(10)29/h6,11,14-15,17-18,29,35H,4-5,7-9,26H2,1-3H3,(H2,27,34). The summed E-state index contributed by atoms with van der Waals surface area (Å²) in [5, 5.41) is 22.5. The van der Waals surface area contributed by atoms with Gasteiger partial charge >= 0.3 is 0 Å². The third kappa shape index (κ3) is 3.38. The van der Waals surface area contributed by atoms with Gasteiger partial charge in [0.05, 0.1) is 17.5 Å². The molecule has 1 aromatic rings. The number of primary amides is 1. The lowest BCUT2D eigenvalue weighted by molar-refractivity contribution is -0.181. The molecule has 4 rings (SSSR count). The molecule has 0 bridgehead atoms. The van der Waals surface area contributed by atoms with Crippen LogP contribution in [0.3, 0.4) is 0 Å². The molecule has 10 heteroatoms. The molecule has 0 aromatic heterocycles. The first-order valence-corrected chi connectivity index (χ1v) is 11.8. The second-order valence-corrected chi connectivity index (χ2v) is 10.1. The lowest BCUT2D eigenvalue weighted by Crippen LogP contribution is -2.74. The molecule has 0 aliphatic heterocycles. The van der Waals surface area contributed by atoms with Crippen molar-refractivity contribution in [1.29, 1.82) is 0 Å². The van der Waals surface area contributed by atoms with Crippen LogP contribution in [0.5, 0.6) is 5.75 Å². The Labute approximate surface area is 202 Å². The van der Waals surface area contributed by atoms with Crippen LogP contribution < -0.4 is 11.5 Å². The molecule has 1 aromatic carbocycles. The highest BCUT2D eigenvalue weighted by atomic mass is 16.3. The van der Waals surface area contributed by atoms with E-state index in [9.17, 15) is 34.2 Å². The Morgan fingerprint density at radius 1 is 1.17 bits per heavy atom. The highest BCUT2D eigenvalue weighted by Crippen LogP contribution is 2.51. The molecule has 188 valence electrons. The van der Waals surface area contributed by atoms with Crippen LogP contribution in [0.1, 0.15) is 46.8 Å². The molecule has 2 saturated carbocycles. The molecule has 0 saturated heterocycles. The summed E-state index contributed by atoms with van der Waals surface area (Å²) in [5.74, 6) is -10.4. The number of benzene rings is 1. The minimum atomic E-state index is -2.72. The number of carbonyl (C=O) groups excluding carboxylic acids is 5. The zero-order valence-corrected chi connectivity index (χ0v) is 20.0. The molecule has 2 fully saturated rings. The smallest absolute Gasteiger partial charge is 0.235 e. The Morgan fingerprint density at radius 3 is 2.37 bits per heavy atom. The molecule has 6 N–H and O–H groups in total. The highest BCUT2D eigenvalue weighted by molar-refractivity contribution is 6.32. The van der Waals surface area contributed by atoms with Crippen LogP contribution in [0, 0.1) is 23.7 Å². The van der Waals surface area contributed by atoms with Gasteiger partial charge in [-0.3, -0.25) is 28.9 Å². The quantitative estimate of drug-likeness (QED) is 0.391. The van der Waals surface area contributed by atoms with E-state index < -0.39 is 64.4 Å². The van der Waals surface area contributed by atoms with Gasteiger partial charge in [-0.2, -0.15) is 0 Å². The third-order valence-corrected chi connectivity index (χ3v) is 7.97. The monoisotopic (exact) mass is 485 g/mol. The minimum absolute atomic E-state index is 0.00277. The van der Waals surface area contributed by atoms with Gasteiger partial charge in [-0.05, 0) is 56.0 Å². The van der Waals surface area contributed by atoms with E-state index in [1.165, 1.54) is 4.90 Å². The molecule has 0 radical (unpaired) electrons. The maximum atomic E-state index is 13.8. The summed E-state index contributed by atoms with van der Waals surface area (Å²) in [6, 6.07) is 0.658. The number of aliphatic hydroxyl groups is 1. The van der Waals surface area contributed by atoms with Gasteiger partial charge in [-0.25, -0.2) is 0 Å². The van der Waals surface area contributed by atoms with E-state index in [4.69, 9.17) is 11.5 Å². The predicted octanol–water partition coefficient (Wildman–Crippen LogP) is -0.722. The van der Waals surface area contributed by atoms with Crippen LogP contribution in [0.2, 0.25) is 0 Å². The number of aryl methyl sites for hydroxylation is 1. The largest absolute Gasteiger partial charge is 0.507 e. The van der Waals surface area contributed by atoms with Crippen LogP contribution in [-0.4, -0.2) is 69.9 Å². The van der Waals surface area contributed by atoms with Gasteiger partial charge in [-0.1, -0.05) is 19.4 Å². The first kappa shape index (κ1) is 25.2. The van der Waals surface area contributed by atoms with Crippen LogP contribution in [-0.2, 0) is 38.6 Å². The van der Waals surface area contributed by atoms with E-state index in [1.54, 1.807) is 20.2 Å². The number of hydrogen-bond acceptors (Lipinski definition) is 9. The van der Waals surface area contributed by atoms with Crippen molar-refractivity contribution in [2.45, 2.75) is 50.8 Å². The topological polar surface area (TPSA) is 181 Å². The number of hydrogen-bond donors (Lipinski definition) is 4. The molecule has 6 atom stereocenters. The fraction of sp³-hybridized carbons (Fsp3) is 0.560. The Bertz CT molecular complexity index is 1160. The zero-order valence-electron chi connectivity index (χ0n) is 20.0. The number of ketones is 4.